The van der Waals surface area contributed by atoms with Crippen molar-refractivity contribution in [2.75, 3.05) is 5.73 Å². The fourth-order valence-electron chi connectivity index (χ4n) is 1.44. The monoisotopic (exact) mass is 237 g/mol. The number of imidazole rings is 1. The predicted molar refractivity (Wildman–Crippen MR) is 66.7 cm³/mol. The van der Waals surface area contributed by atoms with Crippen molar-refractivity contribution < 1.29 is 4.21 Å². The summed E-state index contributed by atoms with van der Waals surface area (Å²) in [5, 5.41) is 0.646. The van der Waals surface area contributed by atoms with E-state index in [1.807, 2.05) is 19.9 Å². The third-order valence-corrected chi connectivity index (χ3v) is 4.25. The molecule has 0 saturated carbocycles. The molecule has 0 aliphatic carbocycles. The highest BCUT2D eigenvalue weighted by atomic mass is 32.2. The zero-order chi connectivity index (χ0) is 11.7. The number of benzene rings is 1. The van der Waals surface area contributed by atoms with E-state index in [2.05, 4.69) is 9.97 Å². The summed E-state index contributed by atoms with van der Waals surface area (Å²) in [7, 11) is -1.07. The molecule has 2 rings (SSSR count). The Morgan fingerprint density at radius 1 is 1.56 bits per heavy atom. The number of hydrogen-bond acceptors (Lipinski definition) is 3. The summed E-state index contributed by atoms with van der Waals surface area (Å²) in [6, 6.07) is 5.43. The van der Waals surface area contributed by atoms with Gasteiger partial charge in [-0.1, -0.05) is 13.8 Å². The molecule has 0 radical (unpaired) electrons. The van der Waals surface area contributed by atoms with Crippen molar-refractivity contribution in [3.63, 3.8) is 0 Å². The number of nitrogens with zero attached hydrogens (tertiary/aromatic N) is 1. The molecule has 16 heavy (non-hydrogen) atoms. The minimum atomic E-state index is -1.07. The van der Waals surface area contributed by atoms with Crippen LogP contribution in [0.4, 0.5) is 5.69 Å². The van der Waals surface area contributed by atoms with Gasteiger partial charge in [-0.2, -0.15) is 0 Å². The van der Waals surface area contributed by atoms with Gasteiger partial charge in [0.05, 0.1) is 21.8 Å². The van der Waals surface area contributed by atoms with Crippen molar-refractivity contribution in [2.24, 2.45) is 0 Å². The number of H-pyrrole nitrogens is 1. The van der Waals surface area contributed by atoms with Crippen molar-refractivity contribution in [3.05, 3.63) is 18.2 Å². The zero-order valence-corrected chi connectivity index (χ0v) is 10.2. The standard InChI is InChI=1S/C11H15N3OS/c1-3-7(2)16(15)11-13-9-5-4-8(12)6-10(9)14-11/h4-7H,3,12H2,1-2H3,(H,13,14). The summed E-state index contributed by atoms with van der Waals surface area (Å²) in [5.74, 6) is 0. The van der Waals surface area contributed by atoms with Crippen molar-refractivity contribution >= 4 is 27.5 Å². The van der Waals surface area contributed by atoms with Gasteiger partial charge in [-0.25, -0.2) is 4.98 Å². The van der Waals surface area contributed by atoms with Gasteiger partial charge >= 0.3 is 0 Å². The van der Waals surface area contributed by atoms with Crippen LogP contribution in [0, 0.1) is 0 Å². The Kier molecular flexibility index (Phi) is 2.96. The minimum Gasteiger partial charge on any atom is -0.399 e. The molecule has 4 nitrogen and oxygen atoms in total. The fourth-order valence-corrected chi connectivity index (χ4v) is 2.52. The third kappa shape index (κ3) is 1.95. The van der Waals surface area contributed by atoms with Crippen LogP contribution in [0.15, 0.2) is 23.4 Å². The maximum Gasteiger partial charge on any atom is 0.197 e. The lowest BCUT2D eigenvalue weighted by Crippen LogP contribution is -2.10. The van der Waals surface area contributed by atoms with Gasteiger partial charge in [-0.05, 0) is 24.6 Å². The summed E-state index contributed by atoms with van der Waals surface area (Å²) >= 11 is 0. The molecule has 1 aromatic carbocycles. The van der Waals surface area contributed by atoms with Crippen LogP contribution >= 0.6 is 0 Å². The van der Waals surface area contributed by atoms with E-state index in [1.165, 1.54) is 0 Å². The lowest BCUT2D eigenvalue weighted by molar-refractivity contribution is 0.664. The van der Waals surface area contributed by atoms with E-state index in [0.29, 0.717) is 10.8 Å². The minimum absolute atomic E-state index is 0.109. The second kappa shape index (κ2) is 4.25. The maximum atomic E-state index is 12.0. The second-order valence-corrected chi connectivity index (χ2v) is 5.62. The molecule has 0 aliphatic heterocycles. The van der Waals surface area contributed by atoms with Crippen LogP contribution in [-0.2, 0) is 10.8 Å². The Labute approximate surface area is 96.7 Å². The number of aromatic amines is 1. The number of fused-ring (bicyclic) bond motifs is 1. The molecule has 1 heterocycles. The topological polar surface area (TPSA) is 71.8 Å². The number of anilines is 1. The highest BCUT2D eigenvalue weighted by molar-refractivity contribution is 7.85. The molecule has 0 amide bonds. The maximum absolute atomic E-state index is 12.0. The van der Waals surface area contributed by atoms with Crippen molar-refractivity contribution in [2.45, 2.75) is 30.7 Å². The largest absolute Gasteiger partial charge is 0.399 e. The van der Waals surface area contributed by atoms with Crippen LogP contribution in [0.3, 0.4) is 0 Å². The Bertz CT molecular complexity index is 535. The summed E-state index contributed by atoms with van der Waals surface area (Å²) in [6.07, 6.45) is 0.867. The summed E-state index contributed by atoms with van der Waals surface area (Å²) in [5.41, 5.74) is 8.00. The number of nitrogen functional groups attached to an aromatic ring is 1. The van der Waals surface area contributed by atoms with E-state index in [4.69, 9.17) is 5.73 Å². The number of nitrogens with one attached hydrogen (secondary N) is 1. The number of aromatic nitrogens is 2. The summed E-state index contributed by atoms with van der Waals surface area (Å²) in [4.78, 5) is 7.37. The molecule has 2 unspecified atom stereocenters. The van der Waals surface area contributed by atoms with Crippen molar-refractivity contribution in [1.29, 1.82) is 0 Å². The molecule has 0 bridgehead atoms. The average Bonchev–Trinajstić information content (AvgIpc) is 2.69. The molecule has 0 saturated heterocycles. The van der Waals surface area contributed by atoms with Crippen LogP contribution in [0.2, 0.25) is 0 Å². The molecule has 2 atom stereocenters. The van der Waals surface area contributed by atoms with E-state index in [1.54, 1.807) is 12.1 Å². The Morgan fingerprint density at radius 2 is 2.31 bits per heavy atom. The van der Waals surface area contributed by atoms with Gasteiger partial charge in [0, 0.05) is 10.9 Å². The first kappa shape index (κ1) is 11.1. The Balaban J connectivity index is 2.43. The van der Waals surface area contributed by atoms with E-state index >= 15 is 0 Å². The van der Waals surface area contributed by atoms with Crippen LogP contribution in [-0.4, -0.2) is 19.4 Å². The smallest absolute Gasteiger partial charge is 0.197 e. The second-order valence-electron chi connectivity index (χ2n) is 3.83. The first-order chi connectivity index (χ1) is 7.61. The molecule has 5 heteroatoms. The van der Waals surface area contributed by atoms with E-state index in [0.717, 1.165) is 17.5 Å². The van der Waals surface area contributed by atoms with E-state index in [9.17, 15) is 4.21 Å². The Morgan fingerprint density at radius 3 is 3.00 bits per heavy atom. The molecule has 0 fully saturated rings. The van der Waals surface area contributed by atoms with Gasteiger partial charge in [0.1, 0.15) is 0 Å². The molecule has 3 N–H and O–H groups in total. The normalized spacial score (nSPS) is 15.1. The lowest BCUT2D eigenvalue weighted by atomic mass is 10.3. The van der Waals surface area contributed by atoms with Gasteiger partial charge < -0.3 is 10.7 Å². The SMILES string of the molecule is CCC(C)S(=O)c1nc2ccc(N)cc2[nH]1. The first-order valence-corrected chi connectivity index (χ1v) is 6.49. The van der Waals surface area contributed by atoms with Gasteiger partial charge in [-0.3, -0.25) is 4.21 Å². The highest BCUT2D eigenvalue weighted by Crippen LogP contribution is 2.18. The van der Waals surface area contributed by atoms with Gasteiger partial charge in [0.25, 0.3) is 0 Å². The molecule has 2 aromatic rings. The molecule has 0 aliphatic rings. The summed E-state index contributed by atoms with van der Waals surface area (Å²) < 4.78 is 12.0. The van der Waals surface area contributed by atoms with Crippen LogP contribution in [0.25, 0.3) is 11.0 Å². The van der Waals surface area contributed by atoms with Gasteiger partial charge in [-0.15, -0.1) is 0 Å². The van der Waals surface area contributed by atoms with Crippen molar-refractivity contribution in [1.82, 2.24) is 9.97 Å². The third-order valence-electron chi connectivity index (χ3n) is 2.62. The molecule has 0 spiro atoms. The zero-order valence-electron chi connectivity index (χ0n) is 9.36. The number of rotatable bonds is 3. The van der Waals surface area contributed by atoms with E-state index < -0.39 is 10.8 Å². The number of hydrogen-bond donors (Lipinski definition) is 2. The number of nitrogens with two attached hydrogens (primary N) is 1. The predicted octanol–water partition coefficient (Wildman–Crippen LogP) is 2.05. The molecular weight excluding hydrogens is 222 g/mol. The van der Waals surface area contributed by atoms with Crippen LogP contribution in [0.1, 0.15) is 20.3 Å². The quantitative estimate of drug-likeness (QED) is 0.802. The lowest BCUT2D eigenvalue weighted by Gasteiger charge is -2.04. The first-order valence-electron chi connectivity index (χ1n) is 5.27. The average molecular weight is 237 g/mol. The highest BCUT2D eigenvalue weighted by Gasteiger charge is 2.15. The van der Waals surface area contributed by atoms with Crippen LogP contribution < -0.4 is 5.73 Å². The fraction of sp³-hybridized carbons (Fsp3) is 0.364. The van der Waals surface area contributed by atoms with Crippen molar-refractivity contribution in [3.8, 4) is 0 Å². The van der Waals surface area contributed by atoms with Crippen LogP contribution in [0.5, 0.6) is 0 Å². The van der Waals surface area contributed by atoms with Gasteiger partial charge in [0.2, 0.25) is 0 Å². The summed E-state index contributed by atoms with van der Waals surface area (Å²) in [6.45, 7) is 3.97. The molecular formula is C11H15N3OS. The van der Waals surface area contributed by atoms with E-state index in [-0.39, 0.29) is 5.25 Å². The molecule has 1 aromatic heterocycles. The van der Waals surface area contributed by atoms with Gasteiger partial charge in [0.15, 0.2) is 5.16 Å². The Hall–Kier alpha value is -1.36. The molecule has 86 valence electrons.